The molecule has 1 N–H and O–H groups in total. The molecule has 4 heteroatoms. The third-order valence-electron chi connectivity index (χ3n) is 3.86. The zero-order valence-corrected chi connectivity index (χ0v) is 11.2. The minimum Gasteiger partial charge on any atom is -0.435 e. The fraction of sp³-hybridized carbons (Fsp3) is 0.600. The van der Waals surface area contributed by atoms with Gasteiger partial charge < -0.3 is 10.1 Å². The van der Waals surface area contributed by atoms with E-state index >= 15 is 0 Å². The summed E-state index contributed by atoms with van der Waals surface area (Å²) in [6, 6.07) is 7.44. The van der Waals surface area contributed by atoms with Crippen molar-refractivity contribution in [3.8, 4) is 5.75 Å². The molecule has 0 spiro atoms. The average molecular weight is 269 g/mol. The smallest absolute Gasteiger partial charge is 0.387 e. The van der Waals surface area contributed by atoms with E-state index in [1.165, 1.54) is 25.7 Å². The van der Waals surface area contributed by atoms with Crippen LogP contribution in [0.4, 0.5) is 8.78 Å². The van der Waals surface area contributed by atoms with Crippen LogP contribution in [0.25, 0.3) is 0 Å². The van der Waals surface area contributed by atoms with Gasteiger partial charge in [0, 0.05) is 12.6 Å². The summed E-state index contributed by atoms with van der Waals surface area (Å²) in [4.78, 5) is 0. The highest BCUT2D eigenvalue weighted by Gasteiger charge is 2.22. The van der Waals surface area contributed by atoms with Gasteiger partial charge in [0.15, 0.2) is 0 Å². The van der Waals surface area contributed by atoms with Gasteiger partial charge in [0.25, 0.3) is 0 Å². The van der Waals surface area contributed by atoms with Gasteiger partial charge >= 0.3 is 6.61 Å². The summed E-state index contributed by atoms with van der Waals surface area (Å²) in [7, 11) is 0. The molecule has 0 radical (unpaired) electrons. The van der Waals surface area contributed by atoms with E-state index in [0.29, 0.717) is 6.04 Å². The molecule has 0 amide bonds. The number of hydrogen-bond acceptors (Lipinski definition) is 2. The Labute approximate surface area is 113 Å². The summed E-state index contributed by atoms with van der Waals surface area (Å²) in [5, 5.41) is 3.53. The van der Waals surface area contributed by atoms with E-state index in [1.807, 2.05) is 12.1 Å². The topological polar surface area (TPSA) is 21.3 Å². The van der Waals surface area contributed by atoms with Crippen LogP contribution in [0.3, 0.4) is 0 Å². The second kappa shape index (κ2) is 6.85. The molecule has 0 aliphatic heterocycles. The molecule has 0 saturated heterocycles. The molecule has 0 bridgehead atoms. The third kappa shape index (κ3) is 4.46. The lowest BCUT2D eigenvalue weighted by atomic mass is 10.1. The maximum Gasteiger partial charge on any atom is 0.387 e. The van der Waals surface area contributed by atoms with Crippen molar-refractivity contribution in [2.45, 2.75) is 51.8 Å². The highest BCUT2D eigenvalue weighted by Crippen LogP contribution is 2.28. The second-order valence-electron chi connectivity index (χ2n) is 5.19. The van der Waals surface area contributed by atoms with Crippen molar-refractivity contribution in [2.24, 2.45) is 5.92 Å². The third-order valence-corrected chi connectivity index (χ3v) is 3.86. The molecule has 2 rings (SSSR count). The normalized spacial score (nSPS) is 22.9. The van der Waals surface area contributed by atoms with E-state index in [-0.39, 0.29) is 5.75 Å². The molecule has 0 heterocycles. The molecule has 1 fully saturated rings. The van der Waals surface area contributed by atoms with Gasteiger partial charge in [-0.05, 0) is 42.9 Å². The summed E-state index contributed by atoms with van der Waals surface area (Å²) in [5.74, 6) is 1.07. The van der Waals surface area contributed by atoms with Crippen molar-refractivity contribution < 1.29 is 13.5 Å². The van der Waals surface area contributed by atoms with E-state index < -0.39 is 6.61 Å². The number of rotatable bonds is 6. The van der Waals surface area contributed by atoms with Gasteiger partial charge in [0.1, 0.15) is 5.75 Å². The van der Waals surface area contributed by atoms with Crippen LogP contribution in [0.5, 0.6) is 5.75 Å². The lowest BCUT2D eigenvalue weighted by Gasteiger charge is -2.13. The molecule has 106 valence electrons. The molecular weight excluding hydrogens is 248 g/mol. The van der Waals surface area contributed by atoms with Crippen LogP contribution in [0.2, 0.25) is 0 Å². The van der Waals surface area contributed by atoms with E-state index in [0.717, 1.165) is 18.0 Å². The first-order valence-corrected chi connectivity index (χ1v) is 6.94. The van der Waals surface area contributed by atoms with Gasteiger partial charge in [0.2, 0.25) is 0 Å². The highest BCUT2D eigenvalue weighted by atomic mass is 19.3. The Morgan fingerprint density at radius 2 is 2.00 bits per heavy atom. The predicted molar refractivity (Wildman–Crippen MR) is 71.3 cm³/mol. The summed E-state index contributed by atoms with van der Waals surface area (Å²) < 4.78 is 28.3. The molecule has 1 aromatic carbocycles. The fourth-order valence-corrected chi connectivity index (χ4v) is 2.68. The summed E-state index contributed by atoms with van der Waals surface area (Å²) in [6.07, 6.45) is 5.07. The second-order valence-corrected chi connectivity index (χ2v) is 5.19. The summed E-state index contributed by atoms with van der Waals surface area (Å²) in [5.41, 5.74) is 1.10. The minimum atomic E-state index is -2.76. The molecule has 0 aromatic heterocycles. The Kier molecular flexibility index (Phi) is 5.14. The molecular formula is C15H21F2NO. The lowest BCUT2D eigenvalue weighted by Crippen LogP contribution is -2.25. The SMILES string of the molecule is CCC1CCC(NCc2ccc(OC(F)F)cc2)C1. The van der Waals surface area contributed by atoms with Crippen LogP contribution in [0, 0.1) is 5.92 Å². The largest absolute Gasteiger partial charge is 0.435 e. The Hall–Kier alpha value is -1.16. The first-order valence-electron chi connectivity index (χ1n) is 6.94. The summed E-state index contributed by atoms with van der Waals surface area (Å²) in [6.45, 7) is 0.277. The quantitative estimate of drug-likeness (QED) is 0.844. The number of halogens is 2. The Morgan fingerprint density at radius 3 is 2.58 bits per heavy atom. The fourth-order valence-electron chi connectivity index (χ4n) is 2.68. The molecule has 1 aliphatic carbocycles. The van der Waals surface area contributed by atoms with Crippen molar-refractivity contribution in [2.75, 3.05) is 0 Å². The minimum absolute atomic E-state index is 0.214. The van der Waals surface area contributed by atoms with Crippen molar-refractivity contribution >= 4 is 0 Å². The molecule has 1 aromatic rings. The van der Waals surface area contributed by atoms with Crippen LogP contribution in [-0.4, -0.2) is 12.7 Å². The molecule has 2 atom stereocenters. The van der Waals surface area contributed by atoms with Gasteiger partial charge in [-0.25, -0.2) is 0 Å². The zero-order chi connectivity index (χ0) is 13.7. The molecule has 1 saturated carbocycles. The molecule has 2 unspecified atom stereocenters. The van der Waals surface area contributed by atoms with E-state index in [1.54, 1.807) is 12.1 Å². The van der Waals surface area contributed by atoms with Gasteiger partial charge in [-0.3, -0.25) is 0 Å². The predicted octanol–water partition coefficient (Wildman–Crippen LogP) is 3.96. The standard InChI is InChI=1S/C15H21F2NO/c1-2-11-3-6-13(9-11)18-10-12-4-7-14(8-5-12)19-15(16)17/h4-5,7-8,11,13,15,18H,2-3,6,9-10H2,1H3. The van der Waals surface area contributed by atoms with Crippen molar-refractivity contribution in [1.29, 1.82) is 0 Å². The van der Waals surface area contributed by atoms with Crippen LogP contribution in [0.15, 0.2) is 24.3 Å². The monoisotopic (exact) mass is 269 g/mol. The Balaban J connectivity index is 1.77. The van der Waals surface area contributed by atoms with Crippen LogP contribution < -0.4 is 10.1 Å². The number of benzene rings is 1. The van der Waals surface area contributed by atoms with Crippen molar-refractivity contribution in [3.63, 3.8) is 0 Å². The number of hydrogen-bond donors (Lipinski definition) is 1. The van der Waals surface area contributed by atoms with E-state index in [2.05, 4.69) is 17.0 Å². The van der Waals surface area contributed by atoms with Crippen LogP contribution in [0.1, 0.15) is 38.2 Å². The van der Waals surface area contributed by atoms with Crippen LogP contribution in [-0.2, 0) is 6.54 Å². The first-order chi connectivity index (χ1) is 9.17. The number of ether oxygens (including phenoxy) is 1. The zero-order valence-electron chi connectivity index (χ0n) is 11.2. The number of alkyl halides is 2. The van der Waals surface area contributed by atoms with E-state index in [9.17, 15) is 8.78 Å². The van der Waals surface area contributed by atoms with Gasteiger partial charge in [-0.1, -0.05) is 25.5 Å². The summed E-state index contributed by atoms with van der Waals surface area (Å²) >= 11 is 0. The Morgan fingerprint density at radius 1 is 1.26 bits per heavy atom. The highest BCUT2D eigenvalue weighted by molar-refractivity contribution is 5.27. The van der Waals surface area contributed by atoms with Crippen molar-refractivity contribution in [3.05, 3.63) is 29.8 Å². The number of nitrogens with one attached hydrogen (secondary N) is 1. The van der Waals surface area contributed by atoms with Crippen molar-refractivity contribution in [1.82, 2.24) is 5.32 Å². The van der Waals surface area contributed by atoms with E-state index in [4.69, 9.17) is 0 Å². The maximum absolute atomic E-state index is 12.0. The van der Waals surface area contributed by atoms with Gasteiger partial charge in [0.05, 0.1) is 0 Å². The lowest BCUT2D eigenvalue weighted by molar-refractivity contribution is -0.0498. The first kappa shape index (κ1) is 14.3. The average Bonchev–Trinajstić information content (AvgIpc) is 2.85. The van der Waals surface area contributed by atoms with Gasteiger partial charge in [-0.2, -0.15) is 8.78 Å². The Bertz CT molecular complexity index is 380. The van der Waals surface area contributed by atoms with Gasteiger partial charge in [-0.15, -0.1) is 0 Å². The molecule has 19 heavy (non-hydrogen) atoms. The molecule has 1 aliphatic rings. The van der Waals surface area contributed by atoms with Crippen LogP contribution >= 0.6 is 0 Å². The maximum atomic E-state index is 12.0. The molecule has 2 nitrogen and oxygen atoms in total.